The summed E-state index contributed by atoms with van der Waals surface area (Å²) in [6.07, 6.45) is 0. The first-order valence-corrected chi connectivity index (χ1v) is 11.0. The van der Waals surface area contributed by atoms with Crippen molar-refractivity contribution < 1.29 is 4.79 Å². The van der Waals surface area contributed by atoms with E-state index in [-0.39, 0.29) is 11.7 Å². The number of nitrogens with zero attached hydrogens (tertiary/aromatic N) is 3. The third-order valence-corrected chi connectivity index (χ3v) is 5.55. The standard InChI is InChI=1S/C24H19ClN4OS/c25-20-13-7-8-17(14-20)15-26-21(30)16-31-24-27-22(18-9-3-1-4-10-18)23(28-29-24)19-11-5-2-6-12-19/h1-14H,15-16H2,(H,26,30). The number of hydrogen-bond donors (Lipinski definition) is 1. The Morgan fingerprint density at radius 1 is 0.839 bits per heavy atom. The van der Waals surface area contributed by atoms with Crippen molar-refractivity contribution in [2.75, 3.05) is 5.75 Å². The van der Waals surface area contributed by atoms with Gasteiger partial charge in [-0.3, -0.25) is 4.79 Å². The molecule has 1 amide bonds. The van der Waals surface area contributed by atoms with Crippen LogP contribution in [0.1, 0.15) is 5.56 Å². The molecule has 0 aliphatic rings. The van der Waals surface area contributed by atoms with Gasteiger partial charge < -0.3 is 5.32 Å². The zero-order chi connectivity index (χ0) is 21.5. The lowest BCUT2D eigenvalue weighted by Gasteiger charge is -2.09. The zero-order valence-electron chi connectivity index (χ0n) is 16.5. The largest absolute Gasteiger partial charge is 0.351 e. The van der Waals surface area contributed by atoms with Crippen LogP contribution in [0.15, 0.2) is 90.1 Å². The highest BCUT2D eigenvalue weighted by molar-refractivity contribution is 7.99. The fourth-order valence-electron chi connectivity index (χ4n) is 2.99. The molecule has 1 N–H and O–H groups in total. The molecule has 4 rings (SSSR count). The number of rotatable bonds is 7. The highest BCUT2D eigenvalue weighted by Gasteiger charge is 2.14. The highest BCUT2D eigenvalue weighted by Crippen LogP contribution is 2.29. The maximum Gasteiger partial charge on any atom is 0.230 e. The Hall–Kier alpha value is -3.22. The lowest BCUT2D eigenvalue weighted by Crippen LogP contribution is -2.24. The minimum Gasteiger partial charge on any atom is -0.351 e. The molecule has 0 radical (unpaired) electrons. The van der Waals surface area contributed by atoms with Crippen LogP contribution in [-0.4, -0.2) is 26.8 Å². The molecule has 3 aromatic carbocycles. The van der Waals surface area contributed by atoms with E-state index in [9.17, 15) is 4.79 Å². The molecule has 0 saturated carbocycles. The molecule has 5 nitrogen and oxygen atoms in total. The van der Waals surface area contributed by atoms with Gasteiger partial charge in [-0.2, -0.15) is 0 Å². The van der Waals surface area contributed by atoms with Crippen LogP contribution in [-0.2, 0) is 11.3 Å². The van der Waals surface area contributed by atoms with Gasteiger partial charge in [0.15, 0.2) is 0 Å². The van der Waals surface area contributed by atoms with E-state index >= 15 is 0 Å². The predicted molar refractivity (Wildman–Crippen MR) is 125 cm³/mol. The summed E-state index contributed by atoms with van der Waals surface area (Å²) in [6.45, 7) is 0.418. The molecule has 31 heavy (non-hydrogen) atoms. The minimum absolute atomic E-state index is 0.109. The maximum atomic E-state index is 12.3. The predicted octanol–water partition coefficient (Wildman–Crippen LogP) is 5.27. The first-order chi connectivity index (χ1) is 15.2. The van der Waals surface area contributed by atoms with E-state index in [4.69, 9.17) is 16.6 Å². The number of benzene rings is 3. The Labute approximate surface area is 189 Å². The van der Waals surface area contributed by atoms with Gasteiger partial charge in [0.25, 0.3) is 0 Å². The Bertz CT molecular complexity index is 1170. The van der Waals surface area contributed by atoms with Crippen molar-refractivity contribution in [2.45, 2.75) is 11.7 Å². The molecule has 154 valence electrons. The molecule has 7 heteroatoms. The van der Waals surface area contributed by atoms with Crippen LogP contribution in [0.2, 0.25) is 5.02 Å². The van der Waals surface area contributed by atoms with Crippen LogP contribution in [0.5, 0.6) is 0 Å². The van der Waals surface area contributed by atoms with Gasteiger partial charge in [0.05, 0.1) is 5.75 Å². The zero-order valence-corrected chi connectivity index (χ0v) is 18.1. The number of amides is 1. The van der Waals surface area contributed by atoms with E-state index in [0.29, 0.717) is 22.4 Å². The number of thioether (sulfide) groups is 1. The summed E-state index contributed by atoms with van der Waals surface area (Å²) in [6, 6.07) is 27.1. The summed E-state index contributed by atoms with van der Waals surface area (Å²) in [5.74, 6) is 0.0863. The molecule has 0 unspecified atom stereocenters. The number of carbonyl (C=O) groups excluding carboxylic acids is 1. The van der Waals surface area contributed by atoms with Gasteiger partial charge in [0.1, 0.15) is 11.4 Å². The molecular weight excluding hydrogens is 428 g/mol. The average Bonchev–Trinajstić information content (AvgIpc) is 2.82. The van der Waals surface area contributed by atoms with Crippen molar-refractivity contribution in [2.24, 2.45) is 0 Å². The maximum absolute atomic E-state index is 12.3. The fraction of sp³-hybridized carbons (Fsp3) is 0.0833. The number of nitrogens with one attached hydrogen (secondary N) is 1. The van der Waals surface area contributed by atoms with Crippen LogP contribution in [0.4, 0.5) is 0 Å². The monoisotopic (exact) mass is 446 g/mol. The molecule has 0 spiro atoms. The second-order valence-electron chi connectivity index (χ2n) is 6.72. The Kier molecular flexibility index (Phi) is 6.92. The third kappa shape index (κ3) is 5.69. The number of halogens is 1. The van der Waals surface area contributed by atoms with E-state index in [1.165, 1.54) is 11.8 Å². The molecule has 0 atom stereocenters. The smallest absolute Gasteiger partial charge is 0.230 e. The molecule has 0 aliphatic carbocycles. The summed E-state index contributed by atoms with van der Waals surface area (Å²) in [4.78, 5) is 17.0. The van der Waals surface area contributed by atoms with E-state index in [1.807, 2.05) is 78.9 Å². The van der Waals surface area contributed by atoms with Crippen molar-refractivity contribution in [1.82, 2.24) is 20.5 Å². The van der Waals surface area contributed by atoms with Gasteiger partial charge in [-0.1, -0.05) is 96.2 Å². The highest BCUT2D eigenvalue weighted by atomic mass is 35.5. The summed E-state index contributed by atoms with van der Waals surface area (Å²) in [7, 11) is 0. The summed E-state index contributed by atoms with van der Waals surface area (Å²) in [5, 5.41) is 12.7. The molecule has 0 fully saturated rings. The van der Waals surface area contributed by atoms with Crippen molar-refractivity contribution in [3.63, 3.8) is 0 Å². The van der Waals surface area contributed by atoms with Gasteiger partial charge in [-0.05, 0) is 17.7 Å². The van der Waals surface area contributed by atoms with Crippen LogP contribution in [0, 0.1) is 0 Å². The van der Waals surface area contributed by atoms with E-state index < -0.39 is 0 Å². The summed E-state index contributed by atoms with van der Waals surface area (Å²) in [5.41, 5.74) is 4.29. The van der Waals surface area contributed by atoms with Gasteiger partial charge in [0, 0.05) is 22.7 Å². The quantitative estimate of drug-likeness (QED) is 0.392. The number of hydrogen-bond acceptors (Lipinski definition) is 5. The van der Waals surface area contributed by atoms with Gasteiger partial charge in [-0.25, -0.2) is 4.98 Å². The lowest BCUT2D eigenvalue weighted by atomic mass is 10.0. The van der Waals surface area contributed by atoms with Crippen LogP contribution in [0.3, 0.4) is 0 Å². The average molecular weight is 447 g/mol. The SMILES string of the molecule is O=C(CSc1nnc(-c2ccccc2)c(-c2ccccc2)n1)NCc1cccc(Cl)c1. The van der Waals surface area contributed by atoms with E-state index in [2.05, 4.69) is 15.5 Å². The van der Waals surface area contributed by atoms with Crippen molar-refractivity contribution in [1.29, 1.82) is 0 Å². The van der Waals surface area contributed by atoms with Crippen LogP contribution < -0.4 is 5.32 Å². The fourth-order valence-corrected chi connectivity index (χ4v) is 3.82. The molecular formula is C24H19ClN4OS. The van der Waals surface area contributed by atoms with Gasteiger partial charge in [-0.15, -0.1) is 10.2 Å². The molecule has 1 aromatic heterocycles. The second kappa shape index (κ2) is 10.2. The minimum atomic E-state index is -0.109. The van der Waals surface area contributed by atoms with Crippen LogP contribution in [0.25, 0.3) is 22.5 Å². The molecule has 4 aromatic rings. The first-order valence-electron chi connectivity index (χ1n) is 9.68. The van der Waals surface area contributed by atoms with Crippen molar-refractivity contribution in [3.8, 4) is 22.5 Å². The Morgan fingerprint density at radius 3 is 2.19 bits per heavy atom. The van der Waals surface area contributed by atoms with E-state index in [0.717, 1.165) is 22.4 Å². The Balaban J connectivity index is 1.48. The lowest BCUT2D eigenvalue weighted by molar-refractivity contribution is -0.118. The normalized spacial score (nSPS) is 10.6. The molecule has 1 heterocycles. The van der Waals surface area contributed by atoms with Crippen LogP contribution >= 0.6 is 23.4 Å². The Morgan fingerprint density at radius 2 is 1.52 bits per heavy atom. The molecule has 0 saturated heterocycles. The van der Waals surface area contributed by atoms with Gasteiger partial charge in [0.2, 0.25) is 11.1 Å². The summed E-state index contributed by atoms with van der Waals surface area (Å²) < 4.78 is 0. The van der Waals surface area contributed by atoms with E-state index in [1.54, 1.807) is 6.07 Å². The molecule has 0 bridgehead atoms. The third-order valence-electron chi connectivity index (χ3n) is 4.47. The summed E-state index contributed by atoms with van der Waals surface area (Å²) >= 11 is 7.24. The first kappa shape index (κ1) is 21.0. The number of aromatic nitrogens is 3. The molecule has 0 aliphatic heterocycles. The second-order valence-corrected chi connectivity index (χ2v) is 8.10. The number of carbonyl (C=O) groups is 1. The van der Waals surface area contributed by atoms with Gasteiger partial charge >= 0.3 is 0 Å². The van der Waals surface area contributed by atoms with Crippen molar-refractivity contribution >= 4 is 29.3 Å². The van der Waals surface area contributed by atoms with Crippen molar-refractivity contribution in [3.05, 3.63) is 95.5 Å². The topological polar surface area (TPSA) is 67.8 Å².